The fraction of sp³-hybridized carbons (Fsp3) is 0.462. The Hall–Kier alpha value is -0.650. The van der Waals surface area contributed by atoms with Crippen LogP contribution in [0.5, 0.6) is 0 Å². The molecule has 1 aromatic carbocycles. The lowest BCUT2D eigenvalue weighted by Crippen LogP contribution is -2.49. The molecule has 0 saturated carbocycles. The van der Waals surface area contributed by atoms with E-state index >= 15 is 0 Å². The van der Waals surface area contributed by atoms with Gasteiger partial charge >= 0.3 is 0 Å². The van der Waals surface area contributed by atoms with Crippen molar-refractivity contribution in [3.05, 3.63) is 33.8 Å². The fourth-order valence-electron chi connectivity index (χ4n) is 2.01. The summed E-state index contributed by atoms with van der Waals surface area (Å²) in [6.07, 6.45) is 0. The monoisotopic (exact) mass is 303 g/mol. The quantitative estimate of drug-likeness (QED) is 0.863. The van der Waals surface area contributed by atoms with Gasteiger partial charge in [-0.05, 0) is 18.2 Å². The zero-order valence-electron chi connectivity index (χ0n) is 10.3. The molecule has 0 radical (unpaired) electrons. The van der Waals surface area contributed by atoms with Crippen molar-refractivity contribution in [2.24, 2.45) is 0 Å². The van der Waals surface area contributed by atoms with Crippen LogP contribution in [0.25, 0.3) is 0 Å². The highest BCUT2D eigenvalue weighted by Gasteiger charge is 2.24. The van der Waals surface area contributed by atoms with Gasteiger partial charge in [0.1, 0.15) is 0 Å². The summed E-state index contributed by atoms with van der Waals surface area (Å²) in [5, 5.41) is 10.1. The molecule has 0 aliphatic carbocycles. The molecule has 6 heteroatoms. The average molecular weight is 304 g/mol. The van der Waals surface area contributed by atoms with Gasteiger partial charge in [-0.15, -0.1) is 0 Å². The number of ketones is 1. The molecule has 1 fully saturated rings. The predicted octanol–water partition coefficient (Wildman–Crippen LogP) is 1.87. The van der Waals surface area contributed by atoms with E-state index in [9.17, 15) is 9.90 Å². The number of hydrogen-bond donors (Lipinski definition) is 1. The molecular formula is C13H15Cl2NO3. The number of aliphatic hydroxyl groups excluding tert-OH is 1. The van der Waals surface area contributed by atoms with Gasteiger partial charge < -0.3 is 9.84 Å². The van der Waals surface area contributed by atoms with Crippen LogP contribution in [-0.4, -0.2) is 54.7 Å². The van der Waals surface area contributed by atoms with Crippen LogP contribution in [-0.2, 0) is 4.74 Å². The maximum atomic E-state index is 12.2. The van der Waals surface area contributed by atoms with E-state index < -0.39 is 0 Å². The number of morpholine rings is 1. The molecule has 0 amide bonds. The minimum atomic E-state index is -0.125. The second-order valence-electron chi connectivity index (χ2n) is 4.43. The Morgan fingerprint density at radius 3 is 2.89 bits per heavy atom. The van der Waals surface area contributed by atoms with Crippen molar-refractivity contribution < 1.29 is 14.6 Å². The first-order valence-electron chi connectivity index (χ1n) is 6.02. The summed E-state index contributed by atoms with van der Waals surface area (Å²) in [6, 6.07) is 4.71. The van der Waals surface area contributed by atoms with E-state index in [0.29, 0.717) is 35.4 Å². The third-order valence-corrected chi connectivity index (χ3v) is 3.89. The number of benzene rings is 1. The largest absolute Gasteiger partial charge is 0.395 e. The third-order valence-electron chi connectivity index (χ3n) is 3.15. The van der Waals surface area contributed by atoms with E-state index in [-0.39, 0.29) is 25.0 Å². The number of rotatable bonds is 4. The fourth-order valence-corrected chi connectivity index (χ4v) is 2.31. The van der Waals surface area contributed by atoms with Gasteiger partial charge in [0.15, 0.2) is 5.78 Å². The number of halogens is 2. The minimum absolute atomic E-state index is 0.0192. The van der Waals surface area contributed by atoms with Crippen LogP contribution in [0.1, 0.15) is 10.4 Å². The standard InChI is InChI=1S/C13H15Cl2NO3/c14-11-2-1-9(5-12(11)15)13(18)6-16-3-4-19-8-10(16)7-17/h1-2,5,10,17H,3-4,6-8H2. The Labute approximate surface area is 121 Å². The second kappa shape index (κ2) is 6.68. The summed E-state index contributed by atoms with van der Waals surface area (Å²) in [7, 11) is 0. The van der Waals surface area contributed by atoms with E-state index in [0.717, 1.165) is 0 Å². The van der Waals surface area contributed by atoms with Crippen LogP contribution in [0.3, 0.4) is 0 Å². The molecule has 19 heavy (non-hydrogen) atoms. The third kappa shape index (κ3) is 3.68. The smallest absolute Gasteiger partial charge is 0.176 e. The van der Waals surface area contributed by atoms with Gasteiger partial charge in [-0.2, -0.15) is 0 Å². The zero-order valence-corrected chi connectivity index (χ0v) is 11.8. The Bertz CT molecular complexity index is 467. The van der Waals surface area contributed by atoms with Gasteiger partial charge in [0, 0.05) is 12.1 Å². The number of Topliss-reactive ketones (excluding diaryl/α,β-unsaturated/α-hetero) is 1. The molecule has 1 aliphatic rings. The van der Waals surface area contributed by atoms with Crippen molar-refractivity contribution in [1.82, 2.24) is 4.90 Å². The highest BCUT2D eigenvalue weighted by molar-refractivity contribution is 6.42. The molecule has 0 spiro atoms. The molecule has 1 N–H and O–H groups in total. The summed E-state index contributed by atoms with van der Waals surface area (Å²) < 4.78 is 5.27. The van der Waals surface area contributed by atoms with Crippen molar-refractivity contribution in [2.75, 3.05) is 32.9 Å². The lowest BCUT2D eigenvalue weighted by molar-refractivity contribution is -0.0240. The van der Waals surface area contributed by atoms with E-state index in [1.807, 2.05) is 4.90 Å². The normalized spacial score (nSPS) is 20.5. The summed E-state index contributed by atoms with van der Waals surface area (Å²) >= 11 is 11.7. The lowest BCUT2D eigenvalue weighted by Gasteiger charge is -2.33. The maximum absolute atomic E-state index is 12.2. The molecule has 1 aliphatic heterocycles. The van der Waals surface area contributed by atoms with Crippen LogP contribution in [0.4, 0.5) is 0 Å². The average Bonchev–Trinajstić information content (AvgIpc) is 2.42. The van der Waals surface area contributed by atoms with Crippen molar-refractivity contribution in [3.8, 4) is 0 Å². The number of carbonyl (C=O) groups is 1. The molecule has 1 heterocycles. The second-order valence-corrected chi connectivity index (χ2v) is 5.25. The molecule has 1 aromatic rings. The maximum Gasteiger partial charge on any atom is 0.176 e. The van der Waals surface area contributed by atoms with Gasteiger partial charge in [0.05, 0.1) is 42.5 Å². The van der Waals surface area contributed by atoms with Gasteiger partial charge in [0.2, 0.25) is 0 Å². The van der Waals surface area contributed by atoms with Gasteiger partial charge in [-0.3, -0.25) is 9.69 Å². The molecule has 0 bridgehead atoms. The molecule has 0 aromatic heterocycles. The molecule has 1 atom stereocenters. The van der Waals surface area contributed by atoms with Gasteiger partial charge in [-0.25, -0.2) is 0 Å². The van der Waals surface area contributed by atoms with Crippen molar-refractivity contribution in [3.63, 3.8) is 0 Å². The van der Waals surface area contributed by atoms with Crippen LogP contribution < -0.4 is 0 Å². The SMILES string of the molecule is O=C(CN1CCOCC1CO)c1ccc(Cl)c(Cl)c1. The Kier molecular flexibility index (Phi) is 5.19. The summed E-state index contributed by atoms with van der Waals surface area (Å²) in [4.78, 5) is 14.1. The summed E-state index contributed by atoms with van der Waals surface area (Å²) in [6.45, 7) is 1.88. The van der Waals surface area contributed by atoms with Crippen molar-refractivity contribution >= 4 is 29.0 Å². The molecular weight excluding hydrogens is 289 g/mol. The van der Waals surface area contributed by atoms with E-state index in [4.69, 9.17) is 27.9 Å². The Balaban J connectivity index is 2.05. The van der Waals surface area contributed by atoms with Crippen molar-refractivity contribution in [2.45, 2.75) is 6.04 Å². The Morgan fingerprint density at radius 2 is 2.21 bits per heavy atom. The predicted molar refractivity (Wildman–Crippen MR) is 74.1 cm³/mol. The van der Waals surface area contributed by atoms with E-state index in [1.165, 1.54) is 0 Å². The zero-order chi connectivity index (χ0) is 13.8. The van der Waals surface area contributed by atoms with Crippen LogP contribution in [0, 0.1) is 0 Å². The molecule has 4 nitrogen and oxygen atoms in total. The van der Waals surface area contributed by atoms with Gasteiger partial charge in [0.25, 0.3) is 0 Å². The Morgan fingerprint density at radius 1 is 1.42 bits per heavy atom. The number of aliphatic hydroxyl groups is 1. The highest BCUT2D eigenvalue weighted by atomic mass is 35.5. The summed E-state index contributed by atoms with van der Waals surface area (Å²) in [5.41, 5.74) is 0.526. The van der Waals surface area contributed by atoms with Crippen LogP contribution in [0.15, 0.2) is 18.2 Å². The number of ether oxygens (including phenoxy) is 1. The first-order chi connectivity index (χ1) is 9.11. The number of carbonyl (C=O) groups excluding carboxylic acids is 1. The first-order valence-corrected chi connectivity index (χ1v) is 6.78. The minimum Gasteiger partial charge on any atom is -0.395 e. The topological polar surface area (TPSA) is 49.8 Å². The van der Waals surface area contributed by atoms with Crippen molar-refractivity contribution in [1.29, 1.82) is 0 Å². The first kappa shape index (κ1) is 14.8. The van der Waals surface area contributed by atoms with E-state index in [2.05, 4.69) is 0 Å². The van der Waals surface area contributed by atoms with E-state index in [1.54, 1.807) is 18.2 Å². The van der Waals surface area contributed by atoms with Crippen LogP contribution >= 0.6 is 23.2 Å². The molecule has 1 unspecified atom stereocenters. The molecule has 2 rings (SSSR count). The number of hydrogen-bond acceptors (Lipinski definition) is 4. The summed E-state index contributed by atoms with van der Waals surface area (Å²) in [5.74, 6) is -0.0427. The lowest BCUT2D eigenvalue weighted by atomic mass is 10.1. The van der Waals surface area contributed by atoms with Crippen LogP contribution in [0.2, 0.25) is 10.0 Å². The number of nitrogens with zero attached hydrogens (tertiary/aromatic N) is 1. The van der Waals surface area contributed by atoms with Gasteiger partial charge in [-0.1, -0.05) is 23.2 Å². The highest BCUT2D eigenvalue weighted by Crippen LogP contribution is 2.23. The molecule has 104 valence electrons. The molecule has 1 saturated heterocycles.